The average molecular weight is 1180 g/mol. The Kier molecular flexibility index (Phi) is 11.8. The van der Waals surface area contributed by atoms with Gasteiger partial charge in [-0.25, -0.2) is 0 Å². The molecule has 18 rings (SSSR count). The minimum absolute atomic E-state index is 0.0513. The van der Waals surface area contributed by atoms with Crippen LogP contribution in [0.4, 0.5) is 34.1 Å². The fourth-order valence-corrected chi connectivity index (χ4v) is 15.2. The van der Waals surface area contributed by atoms with E-state index in [1.54, 1.807) is 0 Å². The Hall–Kier alpha value is -11.1. The van der Waals surface area contributed by atoms with Gasteiger partial charge in [-0.2, -0.15) is 0 Å². The van der Waals surface area contributed by atoms with Crippen molar-refractivity contribution in [2.45, 2.75) is 52.4 Å². The topological polar surface area (TPSA) is 37.7 Å². The quantitative estimate of drug-likeness (QED) is 0.149. The molecule has 92 heavy (non-hydrogen) atoms. The van der Waals surface area contributed by atoms with Crippen molar-refractivity contribution in [1.29, 1.82) is 0 Å². The van der Waals surface area contributed by atoms with Gasteiger partial charge >= 0.3 is 0 Å². The van der Waals surface area contributed by atoms with Crippen LogP contribution in [0.5, 0.6) is 0 Å². The Bertz CT molecular complexity index is 5600. The van der Waals surface area contributed by atoms with Gasteiger partial charge in [0.2, 0.25) is 0 Å². The van der Waals surface area contributed by atoms with Gasteiger partial charge in [0, 0.05) is 61.1 Å². The Balaban J connectivity index is 1.03. The molecule has 0 saturated heterocycles. The Labute approximate surface area is 535 Å². The molecule has 0 atom stereocenters. The smallest absolute Gasteiger partial charge is 0.252 e. The average Bonchev–Trinajstić information content (AvgIpc) is 0.747. The highest BCUT2D eigenvalue weighted by atomic mass is 16.3. The van der Waals surface area contributed by atoms with Crippen molar-refractivity contribution in [1.82, 2.24) is 4.57 Å². The Morgan fingerprint density at radius 3 is 1.26 bits per heavy atom. The fraction of sp³-hybridized carbons (Fsp3) is 0.0930. The molecular formula is C86H64BN3O2. The van der Waals surface area contributed by atoms with E-state index in [0.717, 1.165) is 128 Å². The molecule has 0 bridgehead atoms. The van der Waals surface area contributed by atoms with E-state index in [2.05, 4.69) is 335 Å². The summed E-state index contributed by atoms with van der Waals surface area (Å²) in [5, 5.41) is 6.74. The summed E-state index contributed by atoms with van der Waals surface area (Å²) >= 11 is 0. The molecule has 0 radical (unpaired) electrons. The molecule has 16 aromatic rings. The van der Waals surface area contributed by atoms with E-state index in [-0.39, 0.29) is 17.5 Å². The van der Waals surface area contributed by atoms with Crippen LogP contribution in [0.15, 0.2) is 288 Å². The molecule has 438 valence electrons. The maximum absolute atomic E-state index is 7.02. The lowest BCUT2D eigenvalue weighted by Gasteiger charge is -2.45. The van der Waals surface area contributed by atoms with Crippen molar-refractivity contribution >= 4 is 123 Å². The molecule has 0 saturated carbocycles. The van der Waals surface area contributed by atoms with Crippen LogP contribution in [0.1, 0.15) is 52.7 Å². The maximum Gasteiger partial charge on any atom is 0.252 e. The van der Waals surface area contributed by atoms with E-state index in [4.69, 9.17) is 8.83 Å². The van der Waals surface area contributed by atoms with Crippen LogP contribution in [0.2, 0.25) is 0 Å². The summed E-state index contributed by atoms with van der Waals surface area (Å²) in [7, 11) is 0. The first-order chi connectivity index (χ1) is 44.9. The zero-order valence-corrected chi connectivity index (χ0v) is 52.3. The van der Waals surface area contributed by atoms with Crippen LogP contribution < -0.4 is 26.2 Å². The minimum atomic E-state index is -0.247. The lowest BCUT2D eigenvalue weighted by atomic mass is 9.33. The molecule has 0 amide bonds. The summed E-state index contributed by atoms with van der Waals surface area (Å²) in [5.74, 6) is 0. The third kappa shape index (κ3) is 8.26. The number of nitrogens with zero attached hydrogens (tertiary/aromatic N) is 3. The SMILES string of the molecule is CC(C)(C)c1ccc2c(c1)c1cc(C(C)(C)C)ccc1n2-c1ccc2c(c1)N(c1c(-c3ccccc3)ccc3oc4ccccc4c13)c1cc(-c3ccccc3)cc3c1B2c1cc(-c2ccccc2)ccc1N3c1c(-c2ccccc2)ccc2oc3ccccc3c12. The van der Waals surface area contributed by atoms with Gasteiger partial charge in [-0.05, 0) is 163 Å². The standard InChI is InChI=1S/C86H64BN3O2/c1-85(2,3)59-36-43-70-66(50-59)67-51-60(86(4,5)6)37-44-71(67)88(70)61-38-41-68-73(52-61)90(84-63(56-29-17-10-18-30-56)40-46-79-81(84)65-32-20-22-34-77(65)92-79)75-49-58(54-25-13-8-14-26-54)48-74-82(75)87(68)69-47-57(53-23-11-7-12-24-53)35-42-72(69)89(74)83-62(55-27-15-9-16-28-55)39-45-78-80(83)64-31-19-21-33-76(64)91-78/h7-52H,1-6H3. The molecule has 0 fully saturated rings. The maximum atomic E-state index is 7.02. The molecule has 2 aliphatic heterocycles. The largest absolute Gasteiger partial charge is 0.456 e. The van der Waals surface area contributed by atoms with Crippen molar-refractivity contribution in [3.63, 3.8) is 0 Å². The third-order valence-electron chi connectivity index (χ3n) is 19.7. The molecule has 2 aliphatic rings. The normalized spacial score (nSPS) is 13.0. The number of fused-ring (bicyclic) bond motifs is 13. The van der Waals surface area contributed by atoms with Gasteiger partial charge in [-0.15, -0.1) is 0 Å². The lowest BCUT2D eigenvalue weighted by Crippen LogP contribution is -2.61. The van der Waals surface area contributed by atoms with Crippen LogP contribution in [0.25, 0.3) is 116 Å². The zero-order chi connectivity index (χ0) is 61.7. The predicted octanol–water partition coefficient (Wildman–Crippen LogP) is 21.9. The van der Waals surface area contributed by atoms with E-state index in [0.29, 0.717) is 0 Å². The molecular weight excluding hydrogens is 1120 g/mol. The number of anilines is 6. The number of benzene rings is 13. The summed E-state index contributed by atoms with van der Waals surface area (Å²) in [6.45, 7) is 13.7. The molecule has 6 heteroatoms. The molecule has 0 N–H and O–H groups in total. The van der Waals surface area contributed by atoms with Crippen LogP contribution in [0.3, 0.4) is 0 Å². The second kappa shape index (κ2) is 20.2. The van der Waals surface area contributed by atoms with E-state index in [9.17, 15) is 0 Å². The number of hydrogen-bond donors (Lipinski definition) is 0. The second-order valence-electron chi connectivity index (χ2n) is 27.2. The van der Waals surface area contributed by atoms with Gasteiger partial charge in [0.25, 0.3) is 6.71 Å². The molecule has 0 unspecified atom stereocenters. The zero-order valence-electron chi connectivity index (χ0n) is 52.3. The monoisotopic (exact) mass is 1180 g/mol. The Morgan fingerprint density at radius 2 is 0.761 bits per heavy atom. The van der Waals surface area contributed by atoms with Crippen LogP contribution in [-0.2, 0) is 10.8 Å². The van der Waals surface area contributed by atoms with Crippen molar-refractivity contribution in [2.24, 2.45) is 0 Å². The summed E-state index contributed by atoms with van der Waals surface area (Å²) < 4.78 is 16.5. The van der Waals surface area contributed by atoms with Gasteiger partial charge in [-0.3, -0.25) is 0 Å². The van der Waals surface area contributed by atoms with Crippen LogP contribution in [0, 0.1) is 0 Å². The van der Waals surface area contributed by atoms with Crippen molar-refractivity contribution in [3.05, 3.63) is 290 Å². The van der Waals surface area contributed by atoms with E-state index in [1.807, 2.05) is 0 Å². The number of aromatic nitrogens is 1. The summed E-state index contributed by atoms with van der Waals surface area (Å²) in [4.78, 5) is 5.25. The van der Waals surface area contributed by atoms with Gasteiger partial charge < -0.3 is 23.2 Å². The van der Waals surface area contributed by atoms with E-state index < -0.39 is 0 Å². The molecule has 13 aromatic carbocycles. The fourth-order valence-electron chi connectivity index (χ4n) is 15.2. The molecule has 5 heterocycles. The molecule has 0 aliphatic carbocycles. The highest BCUT2D eigenvalue weighted by Crippen LogP contribution is 2.55. The number of rotatable bonds is 7. The highest BCUT2D eigenvalue weighted by Gasteiger charge is 2.46. The van der Waals surface area contributed by atoms with Gasteiger partial charge in [-0.1, -0.05) is 230 Å². The summed E-state index contributed by atoms with van der Waals surface area (Å²) in [6, 6.07) is 104. The number of para-hydroxylation sites is 2. The minimum Gasteiger partial charge on any atom is -0.456 e. The predicted molar refractivity (Wildman–Crippen MR) is 389 cm³/mol. The first-order valence-electron chi connectivity index (χ1n) is 32.2. The first kappa shape index (κ1) is 53.9. The second-order valence-corrected chi connectivity index (χ2v) is 27.2. The van der Waals surface area contributed by atoms with Gasteiger partial charge in [0.05, 0.1) is 33.2 Å². The lowest BCUT2D eigenvalue weighted by molar-refractivity contribution is 0.590. The van der Waals surface area contributed by atoms with Crippen LogP contribution in [-0.4, -0.2) is 11.3 Å². The van der Waals surface area contributed by atoms with Gasteiger partial charge in [0.1, 0.15) is 22.3 Å². The van der Waals surface area contributed by atoms with E-state index >= 15 is 0 Å². The summed E-state index contributed by atoms with van der Waals surface area (Å²) in [5.41, 5.74) is 28.4. The Morgan fingerprint density at radius 1 is 0.304 bits per heavy atom. The number of hydrogen-bond acceptors (Lipinski definition) is 4. The van der Waals surface area contributed by atoms with Crippen molar-refractivity contribution in [3.8, 4) is 50.2 Å². The first-order valence-corrected chi connectivity index (χ1v) is 32.2. The molecule has 5 nitrogen and oxygen atoms in total. The number of furan rings is 2. The molecule has 3 aromatic heterocycles. The molecule has 0 spiro atoms. The van der Waals surface area contributed by atoms with Crippen molar-refractivity contribution < 1.29 is 8.83 Å². The van der Waals surface area contributed by atoms with Crippen molar-refractivity contribution in [2.75, 3.05) is 9.80 Å². The highest BCUT2D eigenvalue weighted by molar-refractivity contribution is 7.00. The van der Waals surface area contributed by atoms with Gasteiger partial charge in [0.15, 0.2) is 0 Å². The summed E-state index contributed by atoms with van der Waals surface area (Å²) in [6.07, 6.45) is 0. The third-order valence-corrected chi connectivity index (χ3v) is 19.7. The van der Waals surface area contributed by atoms with E-state index in [1.165, 1.54) is 49.3 Å². The van der Waals surface area contributed by atoms with Crippen LogP contribution >= 0.6 is 0 Å².